The fraction of sp³-hybridized carbons (Fsp3) is 0.0435. The van der Waals surface area contributed by atoms with Crippen LogP contribution in [0.25, 0.3) is 10.8 Å². The quantitative estimate of drug-likeness (QED) is 0.363. The summed E-state index contributed by atoms with van der Waals surface area (Å²) in [7, 11) is 1.20. The molecule has 1 aliphatic rings. The molecule has 0 N–H and O–H groups in total. The molecule has 9 heteroatoms. The van der Waals surface area contributed by atoms with Gasteiger partial charge in [0.15, 0.2) is 5.17 Å². The second-order valence-electron chi connectivity index (χ2n) is 6.61. The molecule has 6 nitrogen and oxygen atoms in total. The van der Waals surface area contributed by atoms with Crippen molar-refractivity contribution in [2.45, 2.75) is 0 Å². The molecule has 0 aromatic heterocycles. The summed E-state index contributed by atoms with van der Waals surface area (Å²) >= 11 is 13.5. The molecule has 1 heterocycles. The van der Waals surface area contributed by atoms with Crippen LogP contribution in [0.5, 0.6) is 0 Å². The van der Waals surface area contributed by atoms with Crippen molar-refractivity contribution in [2.24, 2.45) is 4.99 Å². The van der Waals surface area contributed by atoms with Crippen molar-refractivity contribution < 1.29 is 19.1 Å². The number of ether oxygens (including phenoxy) is 1. The van der Waals surface area contributed by atoms with Gasteiger partial charge in [-0.2, -0.15) is 4.99 Å². The van der Waals surface area contributed by atoms with Gasteiger partial charge in [-0.3, -0.25) is 14.5 Å². The molecule has 32 heavy (non-hydrogen) atoms. The average molecular weight is 485 g/mol. The van der Waals surface area contributed by atoms with Crippen LogP contribution in [0.2, 0.25) is 10.0 Å². The molecule has 4 rings (SSSR count). The van der Waals surface area contributed by atoms with Crippen LogP contribution in [-0.4, -0.2) is 30.1 Å². The number of hydrogen-bond acceptors (Lipinski definition) is 5. The van der Waals surface area contributed by atoms with E-state index in [1.807, 2.05) is 30.3 Å². The van der Waals surface area contributed by atoms with E-state index in [0.717, 1.165) is 33.5 Å². The Bertz CT molecular complexity index is 1320. The highest BCUT2D eigenvalue weighted by Gasteiger charge is 2.38. The van der Waals surface area contributed by atoms with Crippen LogP contribution in [0.4, 0.5) is 5.69 Å². The Morgan fingerprint density at radius 3 is 2.38 bits per heavy atom. The van der Waals surface area contributed by atoms with E-state index in [9.17, 15) is 14.4 Å². The topological polar surface area (TPSA) is 76.0 Å². The fourth-order valence-corrected chi connectivity index (χ4v) is 4.58. The van der Waals surface area contributed by atoms with Crippen LogP contribution in [0.15, 0.2) is 76.6 Å². The number of esters is 1. The second-order valence-corrected chi connectivity index (χ2v) is 8.43. The van der Waals surface area contributed by atoms with E-state index in [-0.39, 0.29) is 25.8 Å². The molecule has 0 unspecified atom stereocenters. The number of para-hydroxylation sites is 1. The zero-order chi connectivity index (χ0) is 22.8. The van der Waals surface area contributed by atoms with Crippen molar-refractivity contribution in [2.75, 3.05) is 12.0 Å². The highest BCUT2D eigenvalue weighted by Crippen LogP contribution is 2.41. The molecular formula is C23H14Cl2N2O4S. The summed E-state index contributed by atoms with van der Waals surface area (Å²) in [6.07, 6.45) is 1.04. The standard InChI is InChI=1S/C23H14Cl2N2O4S/c1-31-19(28)12-18-22(30)27(20-16(24)7-4-8-17(20)25)23(32-18)26-21(29)15-10-9-13-5-2-3-6-14(13)11-15/h2-12H,1H3/b18-12-,26-23?. The number of benzene rings is 3. The number of hydrogen-bond donors (Lipinski definition) is 0. The maximum atomic E-state index is 13.1. The maximum Gasteiger partial charge on any atom is 0.331 e. The number of rotatable bonds is 3. The van der Waals surface area contributed by atoms with Gasteiger partial charge in [0.1, 0.15) is 0 Å². The lowest BCUT2D eigenvalue weighted by Crippen LogP contribution is -2.30. The Morgan fingerprint density at radius 2 is 1.69 bits per heavy atom. The van der Waals surface area contributed by atoms with Crippen LogP contribution < -0.4 is 4.90 Å². The van der Waals surface area contributed by atoms with E-state index in [2.05, 4.69) is 9.73 Å². The third-order valence-corrected chi connectivity index (χ3v) is 6.19. The number of methoxy groups -OCH3 is 1. The van der Waals surface area contributed by atoms with Crippen LogP contribution in [0, 0.1) is 0 Å². The lowest BCUT2D eigenvalue weighted by Gasteiger charge is -2.18. The van der Waals surface area contributed by atoms with E-state index < -0.39 is 17.8 Å². The molecular weight excluding hydrogens is 471 g/mol. The van der Waals surface area contributed by atoms with Crippen molar-refractivity contribution in [1.82, 2.24) is 0 Å². The predicted molar refractivity (Wildman–Crippen MR) is 127 cm³/mol. The zero-order valence-corrected chi connectivity index (χ0v) is 18.9. The summed E-state index contributed by atoms with van der Waals surface area (Å²) in [5, 5.41) is 2.27. The van der Waals surface area contributed by atoms with Gasteiger partial charge in [0.05, 0.1) is 27.7 Å². The molecule has 0 saturated carbocycles. The van der Waals surface area contributed by atoms with Gasteiger partial charge in [0.2, 0.25) is 0 Å². The minimum atomic E-state index is -0.715. The molecule has 3 aromatic carbocycles. The number of aliphatic imine (C=N–C) groups is 1. The first-order valence-electron chi connectivity index (χ1n) is 9.27. The lowest BCUT2D eigenvalue weighted by atomic mass is 10.1. The number of carbonyl (C=O) groups is 3. The summed E-state index contributed by atoms with van der Waals surface area (Å²) in [5.41, 5.74) is 0.520. The number of amides is 2. The van der Waals surface area contributed by atoms with E-state index in [0.29, 0.717) is 5.56 Å². The number of anilines is 1. The Hall–Kier alpha value is -3.13. The van der Waals surface area contributed by atoms with E-state index in [1.54, 1.807) is 30.3 Å². The smallest absolute Gasteiger partial charge is 0.331 e. The van der Waals surface area contributed by atoms with Gasteiger partial charge in [-0.05, 0) is 46.8 Å². The molecule has 0 radical (unpaired) electrons. The van der Waals surface area contributed by atoms with E-state index in [4.69, 9.17) is 23.2 Å². The predicted octanol–water partition coefficient (Wildman–Crippen LogP) is 5.48. The Labute approximate surface area is 197 Å². The maximum absolute atomic E-state index is 13.1. The van der Waals surface area contributed by atoms with Gasteiger partial charge in [-0.25, -0.2) is 4.79 Å². The number of nitrogens with zero attached hydrogens (tertiary/aromatic N) is 2. The molecule has 1 aliphatic heterocycles. The van der Waals surface area contributed by atoms with Crippen LogP contribution >= 0.6 is 35.0 Å². The molecule has 160 valence electrons. The monoisotopic (exact) mass is 484 g/mol. The SMILES string of the molecule is COC(=O)/C=C1\SC(=NC(=O)c2ccc3ccccc3c2)N(c2c(Cl)cccc2Cl)C1=O. The first kappa shape index (κ1) is 22.1. The van der Waals surface area contributed by atoms with Crippen molar-refractivity contribution >= 4 is 74.4 Å². The summed E-state index contributed by atoms with van der Waals surface area (Å²) < 4.78 is 4.62. The van der Waals surface area contributed by atoms with Crippen LogP contribution in [0.1, 0.15) is 10.4 Å². The molecule has 1 fully saturated rings. The molecule has 0 atom stereocenters. The fourth-order valence-electron chi connectivity index (χ4n) is 3.09. The normalized spacial score (nSPS) is 16.2. The molecule has 0 spiro atoms. The Kier molecular flexibility index (Phi) is 6.32. The zero-order valence-electron chi connectivity index (χ0n) is 16.5. The van der Waals surface area contributed by atoms with Gasteiger partial charge >= 0.3 is 5.97 Å². The first-order chi connectivity index (χ1) is 15.4. The van der Waals surface area contributed by atoms with E-state index >= 15 is 0 Å². The van der Waals surface area contributed by atoms with Crippen molar-refractivity contribution in [3.05, 3.63) is 87.3 Å². The summed E-state index contributed by atoms with van der Waals surface area (Å²) in [5.74, 6) is -1.87. The third kappa shape index (κ3) is 4.27. The molecule has 0 aliphatic carbocycles. The Balaban J connectivity index is 1.80. The van der Waals surface area contributed by atoms with Crippen LogP contribution in [0.3, 0.4) is 0 Å². The largest absolute Gasteiger partial charge is 0.466 e. The summed E-state index contributed by atoms with van der Waals surface area (Å²) in [6.45, 7) is 0. The lowest BCUT2D eigenvalue weighted by molar-refractivity contribution is -0.135. The van der Waals surface area contributed by atoms with E-state index in [1.165, 1.54) is 7.11 Å². The number of fused-ring (bicyclic) bond motifs is 1. The van der Waals surface area contributed by atoms with Crippen molar-refractivity contribution in [3.63, 3.8) is 0 Å². The summed E-state index contributed by atoms with van der Waals surface area (Å²) in [4.78, 5) is 43.1. The average Bonchev–Trinajstić information content (AvgIpc) is 3.07. The van der Waals surface area contributed by atoms with Crippen LogP contribution in [-0.2, 0) is 14.3 Å². The van der Waals surface area contributed by atoms with Gasteiger partial charge in [-0.15, -0.1) is 0 Å². The Morgan fingerprint density at radius 1 is 1.00 bits per heavy atom. The second kappa shape index (κ2) is 9.16. The minimum absolute atomic E-state index is 0.0258. The minimum Gasteiger partial charge on any atom is -0.466 e. The van der Waals surface area contributed by atoms with Gasteiger partial charge in [0, 0.05) is 11.6 Å². The van der Waals surface area contributed by atoms with Gasteiger partial charge in [0.25, 0.3) is 11.8 Å². The molecule has 2 amide bonds. The first-order valence-corrected chi connectivity index (χ1v) is 10.8. The third-order valence-electron chi connectivity index (χ3n) is 4.61. The molecule has 1 saturated heterocycles. The van der Waals surface area contributed by atoms with Crippen molar-refractivity contribution in [3.8, 4) is 0 Å². The number of amidine groups is 1. The summed E-state index contributed by atoms with van der Waals surface area (Å²) in [6, 6.07) is 17.6. The van der Waals surface area contributed by atoms with Crippen molar-refractivity contribution in [1.29, 1.82) is 0 Å². The number of carbonyl (C=O) groups excluding carboxylic acids is 3. The van der Waals surface area contributed by atoms with Gasteiger partial charge in [-0.1, -0.05) is 59.6 Å². The highest BCUT2D eigenvalue weighted by molar-refractivity contribution is 8.19. The number of thioether (sulfide) groups is 1. The molecule has 3 aromatic rings. The van der Waals surface area contributed by atoms with Gasteiger partial charge < -0.3 is 4.74 Å². The highest BCUT2D eigenvalue weighted by atomic mass is 35.5. The number of halogens is 2. The molecule has 0 bridgehead atoms.